The van der Waals surface area contributed by atoms with Gasteiger partial charge in [-0.3, -0.25) is 9.59 Å². The smallest absolute Gasteiger partial charge is 0.270 e. The number of aromatic nitrogens is 1. The molecule has 1 fully saturated rings. The summed E-state index contributed by atoms with van der Waals surface area (Å²) in [5.41, 5.74) is 2.89. The summed E-state index contributed by atoms with van der Waals surface area (Å²) in [5.74, 6) is 0.588. The molecule has 0 spiro atoms. The Morgan fingerprint density at radius 1 is 1.03 bits per heavy atom. The van der Waals surface area contributed by atoms with Crippen LogP contribution in [0.3, 0.4) is 0 Å². The number of fused-ring (bicyclic) bond motifs is 1. The van der Waals surface area contributed by atoms with E-state index in [4.69, 9.17) is 0 Å². The number of piperidine rings is 1. The summed E-state index contributed by atoms with van der Waals surface area (Å²) in [4.78, 5) is 33.1. The molecule has 2 aromatic carbocycles. The minimum Gasteiger partial charge on any atom is -0.351 e. The minimum atomic E-state index is -0.0260. The van der Waals surface area contributed by atoms with Gasteiger partial charge in [0.2, 0.25) is 5.91 Å². The Bertz CT molecular complexity index is 1030. The molecule has 1 saturated heterocycles. The molecule has 5 heteroatoms. The van der Waals surface area contributed by atoms with E-state index in [1.807, 2.05) is 67.1 Å². The van der Waals surface area contributed by atoms with Gasteiger partial charge in [-0.1, -0.05) is 62.4 Å². The van der Waals surface area contributed by atoms with Crippen LogP contribution in [0.25, 0.3) is 10.9 Å². The van der Waals surface area contributed by atoms with Crippen molar-refractivity contribution in [2.75, 3.05) is 20.1 Å². The van der Waals surface area contributed by atoms with Crippen molar-refractivity contribution in [2.45, 2.75) is 39.2 Å². The van der Waals surface area contributed by atoms with E-state index in [9.17, 15) is 9.59 Å². The molecule has 1 N–H and O–H groups in total. The van der Waals surface area contributed by atoms with E-state index in [-0.39, 0.29) is 23.8 Å². The Labute approximate surface area is 190 Å². The maximum Gasteiger partial charge on any atom is 0.270 e. The quantitative estimate of drug-likeness (QED) is 0.613. The first-order chi connectivity index (χ1) is 15.4. The van der Waals surface area contributed by atoms with Gasteiger partial charge in [0.1, 0.15) is 5.69 Å². The molecule has 32 heavy (non-hydrogen) atoms. The second kappa shape index (κ2) is 9.60. The van der Waals surface area contributed by atoms with E-state index in [0.717, 1.165) is 30.2 Å². The zero-order chi connectivity index (χ0) is 22.7. The second-order valence-electron chi connectivity index (χ2n) is 9.26. The standard InChI is InChI=1S/C27H33N3O2/c1-19(2)26(31)29(3)25(17-20-9-5-4-6-10-20)21-13-15-30(16-14-21)27(32)24-18-22-11-7-8-12-23(22)28-24/h4-12,18-19,21,25,28H,13-17H2,1-3H3. The molecule has 0 aliphatic carbocycles. The average molecular weight is 432 g/mol. The predicted octanol–water partition coefficient (Wildman–Crippen LogP) is 4.75. The van der Waals surface area contributed by atoms with Crippen LogP contribution in [0.2, 0.25) is 0 Å². The predicted molar refractivity (Wildman–Crippen MR) is 128 cm³/mol. The number of para-hydroxylation sites is 1. The number of rotatable bonds is 6. The molecule has 4 rings (SSSR count). The highest BCUT2D eigenvalue weighted by atomic mass is 16.2. The third-order valence-electron chi connectivity index (χ3n) is 6.76. The van der Waals surface area contributed by atoms with Gasteiger partial charge in [0.15, 0.2) is 0 Å². The topological polar surface area (TPSA) is 56.4 Å². The number of carbonyl (C=O) groups excluding carboxylic acids is 2. The zero-order valence-electron chi connectivity index (χ0n) is 19.3. The van der Waals surface area contributed by atoms with E-state index in [2.05, 4.69) is 29.2 Å². The fourth-order valence-electron chi connectivity index (χ4n) is 4.89. The summed E-state index contributed by atoms with van der Waals surface area (Å²) in [6.07, 6.45) is 2.65. The molecule has 0 radical (unpaired) electrons. The first kappa shape index (κ1) is 22.1. The van der Waals surface area contributed by atoms with Crippen molar-refractivity contribution in [3.8, 4) is 0 Å². The van der Waals surface area contributed by atoms with Crippen LogP contribution in [0.5, 0.6) is 0 Å². The summed E-state index contributed by atoms with van der Waals surface area (Å²) < 4.78 is 0. The van der Waals surface area contributed by atoms with E-state index in [1.54, 1.807) is 0 Å². The van der Waals surface area contributed by atoms with Crippen molar-refractivity contribution >= 4 is 22.7 Å². The summed E-state index contributed by atoms with van der Waals surface area (Å²) in [5, 5.41) is 1.06. The molecule has 0 bridgehead atoms. The summed E-state index contributed by atoms with van der Waals surface area (Å²) in [6, 6.07) is 20.4. The molecule has 0 saturated carbocycles. The first-order valence-corrected chi connectivity index (χ1v) is 11.6. The van der Waals surface area contributed by atoms with Crippen LogP contribution >= 0.6 is 0 Å². The van der Waals surface area contributed by atoms with Gasteiger partial charge >= 0.3 is 0 Å². The number of amides is 2. The highest BCUT2D eigenvalue weighted by Gasteiger charge is 2.33. The van der Waals surface area contributed by atoms with Crippen LogP contribution in [0.1, 0.15) is 42.7 Å². The van der Waals surface area contributed by atoms with Gasteiger partial charge in [0.05, 0.1) is 0 Å². The fourth-order valence-corrected chi connectivity index (χ4v) is 4.89. The number of benzene rings is 2. The lowest BCUT2D eigenvalue weighted by molar-refractivity contribution is -0.136. The molecule has 2 amide bonds. The van der Waals surface area contributed by atoms with Gasteiger partial charge in [-0.25, -0.2) is 0 Å². The molecule has 3 aromatic rings. The third kappa shape index (κ3) is 4.72. The molecule has 1 unspecified atom stereocenters. The molecule has 2 heterocycles. The Kier molecular flexibility index (Phi) is 6.63. The van der Waals surface area contributed by atoms with Crippen LogP contribution in [0.15, 0.2) is 60.7 Å². The molecule has 1 aliphatic heterocycles. The number of hydrogen-bond acceptors (Lipinski definition) is 2. The van der Waals surface area contributed by atoms with Crippen molar-refractivity contribution in [1.29, 1.82) is 0 Å². The summed E-state index contributed by atoms with van der Waals surface area (Å²) in [7, 11) is 1.94. The number of likely N-dealkylation sites (N-methyl/N-ethyl adjacent to an activating group) is 1. The van der Waals surface area contributed by atoms with Crippen LogP contribution in [0.4, 0.5) is 0 Å². The Morgan fingerprint density at radius 2 is 1.69 bits per heavy atom. The summed E-state index contributed by atoms with van der Waals surface area (Å²) >= 11 is 0. The van der Waals surface area contributed by atoms with Crippen molar-refractivity contribution in [3.05, 3.63) is 71.9 Å². The maximum absolute atomic E-state index is 13.1. The van der Waals surface area contributed by atoms with Gasteiger partial charge in [-0.15, -0.1) is 0 Å². The van der Waals surface area contributed by atoms with Gasteiger partial charge in [0, 0.05) is 43.0 Å². The molecule has 1 aliphatic rings. The van der Waals surface area contributed by atoms with Crippen molar-refractivity contribution in [1.82, 2.24) is 14.8 Å². The fraction of sp³-hybridized carbons (Fsp3) is 0.407. The lowest BCUT2D eigenvalue weighted by atomic mass is 9.84. The van der Waals surface area contributed by atoms with Crippen molar-refractivity contribution < 1.29 is 9.59 Å². The summed E-state index contributed by atoms with van der Waals surface area (Å²) in [6.45, 7) is 5.35. The number of carbonyl (C=O) groups is 2. The lowest BCUT2D eigenvalue weighted by Gasteiger charge is -2.40. The van der Waals surface area contributed by atoms with E-state index < -0.39 is 0 Å². The molecule has 168 valence electrons. The molecular formula is C27H33N3O2. The number of nitrogens with one attached hydrogen (secondary N) is 1. The van der Waals surface area contributed by atoms with Gasteiger partial charge in [-0.2, -0.15) is 0 Å². The number of hydrogen-bond donors (Lipinski definition) is 1. The Morgan fingerprint density at radius 3 is 2.34 bits per heavy atom. The zero-order valence-corrected chi connectivity index (χ0v) is 19.3. The minimum absolute atomic E-state index is 0.0260. The average Bonchev–Trinajstić information content (AvgIpc) is 3.26. The monoisotopic (exact) mass is 431 g/mol. The third-order valence-corrected chi connectivity index (χ3v) is 6.76. The van der Waals surface area contributed by atoms with Crippen LogP contribution in [-0.2, 0) is 11.2 Å². The number of likely N-dealkylation sites (tertiary alicyclic amines) is 1. The van der Waals surface area contributed by atoms with E-state index in [1.165, 1.54) is 5.56 Å². The normalized spacial score (nSPS) is 15.8. The first-order valence-electron chi connectivity index (χ1n) is 11.6. The Hall–Kier alpha value is -3.08. The molecule has 5 nitrogen and oxygen atoms in total. The molecule has 1 atom stereocenters. The molecule has 1 aromatic heterocycles. The van der Waals surface area contributed by atoms with Gasteiger partial charge in [0.25, 0.3) is 5.91 Å². The van der Waals surface area contributed by atoms with Crippen LogP contribution in [-0.4, -0.2) is 52.8 Å². The van der Waals surface area contributed by atoms with Crippen LogP contribution < -0.4 is 0 Å². The van der Waals surface area contributed by atoms with Crippen LogP contribution in [0, 0.1) is 11.8 Å². The highest BCUT2D eigenvalue weighted by molar-refractivity contribution is 5.98. The van der Waals surface area contributed by atoms with Gasteiger partial charge < -0.3 is 14.8 Å². The maximum atomic E-state index is 13.1. The largest absolute Gasteiger partial charge is 0.351 e. The van der Waals surface area contributed by atoms with Crippen molar-refractivity contribution in [2.24, 2.45) is 11.8 Å². The number of aromatic amines is 1. The van der Waals surface area contributed by atoms with E-state index in [0.29, 0.717) is 24.7 Å². The van der Waals surface area contributed by atoms with E-state index >= 15 is 0 Å². The highest BCUT2D eigenvalue weighted by Crippen LogP contribution is 2.28. The SMILES string of the molecule is CC(C)C(=O)N(C)C(Cc1ccccc1)C1CCN(C(=O)c2cc3ccccc3[nH]2)CC1. The lowest BCUT2D eigenvalue weighted by Crippen LogP contribution is -2.49. The van der Waals surface area contributed by atoms with Gasteiger partial charge in [-0.05, 0) is 42.9 Å². The molecular weight excluding hydrogens is 398 g/mol. The van der Waals surface area contributed by atoms with Crippen molar-refractivity contribution in [3.63, 3.8) is 0 Å². The number of nitrogens with zero attached hydrogens (tertiary/aromatic N) is 2. The number of H-pyrrole nitrogens is 1. The Balaban J connectivity index is 1.46. The second-order valence-corrected chi connectivity index (χ2v) is 9.26.